The number of pyridine rings is 2. The number of carbonyl (C=O) groups excluding carboxylic acids is 1. The van der Waals surface area contributed by atoms with Crippen LogP contribution < -0.4 is 5.32 Å². The van der Waals surface area contributed by atoms with Gasteiger partial charge in [0.15, 0.2) is 0 Å². The molecule has 0 aliphatic heterocycles. The molecule has 0 saturated heterocycles. The molecule has 0 aliphatic rings. The summed E-state index contributed by atoms with van der Waals surface area (Å²) in [4.78, 5) is 20.4. The van der Waals surface area contributed by atoms with Gasteiger partial charge in [-0.05, 0) is 40.2 Å². The summed E-state index contributed by atoms with van der Waals surface area (Å²) in [6, 6.07) is 13.1. The first-order chi connectivity index (χ1) is 9.72. The highest BCUT2D eigenvalue weighted by atomic mass is 79.9. The van der Waals surface area contributed by atoms with Crippen LogP contribution in [0.15, 0.2) is 59.3 Å². The lowest BCUT2D eigenvalue weighted by Gasteiger charge is -2.05. The summed E-state index contributed by atoms with van der Waals surface area (Å²) in [5.41, 5.74) is 1.91. The molecule has 0 aliphatic carbocycles. The highest BCUT2D eigenvalue weighted by Crippen LogP contribution is 2.16. The molecular weight excluding hydrogens is 318 g/mol. The molecule has 0 unspecified atom stereocenters. The molecule has 98 valence electrons. The van der Waals surface area contributed by atoms with Gasteiger partial charge in [-0.2, -0.15) is 0 Å². The van der Waals surface area contributed by atoms with E-state index in [0.717, 1.165) is 15.4 Å². The standard InChI is InChI=1S/C15H10BrN3O/c16-11-5-6-14(17-8-11)15(20)19-12-7-10-3-1-2-4-13(10)18-9-12/h1-9H,(H,19,20). The van der Waals surface area contributed by atoms with Crippen LogP contribution in [0.1, 0.15) is 10.5 Å². The Morgan fingerprint density at radius 2 is 1.90 bits per heavy atom. The SMILES string of the molecule is O=C(Nc1cnc2ccccc2c1)c1ccc(Br)cn1. The first-order valence-corrected chi connectivity index (χ1v) is 6.79. The van der Waals surface area contributed by atoms with E-state index >= 15 is 0 Å². The zero-order chi connectivity index (χ0) is 13.9. The largest absolute Gasteiger partial charge is 0.319 e. The van der Waals surface area contributed by atoms with Gasteiger partial charge in [0.1, 0.15) is 5.69 Å². The van der Waals surface area contributed by atoms with Crippen molar-refractivity contribution in [2.45, 2.75) is 0 Å². The van der Waals surface area contributed by atoms with E-state index in [1.54, 1.807) is 24.5 Å². The maximum Gasteiger partial charge on any atom is 0.274 e. The molecule has 3 aromatic rings. The topological polar surface area (TPSA) is 54.9 Å². The Bertz CT molecular complexity index is 771. The molecule has 2 aromatic heterocycles. The van der Waals surface area contributed by atoms with Crippen LogP contribution in [0, 0.1) is 0 Å². The number of para-hydroxylation sites is 1. The average Bonchev–Trinajstić information content (AvgIpc) is 2.48. The normalized spacial score (nSPS) is 10.4. The van der Waals surface area contributed by atoms with Gasteiger partial charge in [0.05, 0.1) is 17.4 Å². The third kappa shape index (κ3) is 2.67. The predicted molar refractivity (Wildman–Crippen MR) is 81.6 cm³/mol. The smallest absolute Gasteiger partial charge is 0.274 e. The fourth-order valence-corrected chi connectivity index (χ4v) is 2.08. The highest BCUT2D eigenvalue weighted by molar-refractivity contribution is 9.10. The van der Waals surface area contributed by atoms with E-state index < -0.39 is 0 Å². The van der Waals surface area contributed by atoms with Crippen LogP contribution >= 0.6 is 15.9 Å². The second-order valence-corrected chi connectivity index (χ2v) is 5.15. The number of carbonyl (C=O) groups is 1. The second-order valence-electron chi connectivity index (χ2n) is 4.23. The number of rotatable bonds is 2. The molecule has 1 N–H and O–H groups in total. The number of halogens is 1. The number of nitrogens with zero attached hydrogens (tertiary/aromatic N) is 2. The van der Waals surface area contributed by atoms with E-state index in [1.165, 1.54) is 0 Å². The number of anilines is 1. The van der Waals surface area contributed by atoms with Crippen LogP contribution in [0.3, 0.4) is 0 Å². The van der Waals surface area contributed by atoms with Gasteiger partial charge < -0.3 is 5.32 Å². The van der Waals surface area contributed by atoms with Crippen LogP contribution in [-0.4, -0.2) is 15.9 Å². The van der Waals surface area contributed by atoms with Crippen molar-refractivity contribution >= 4 is 38.4 Å². The summed E-state index contributed by atoms with van der Waals surface area (Å²) >= 11 is 3.28. The maximum absolute atomic E-state index is 12.0. The van der Waals surface area contributed by atoms with Crippen LogP contribution in [0.2, 0.25) is 0 Å². The fourth-order valence-electron chi connectivity index (χ4n) is 1.84. The van der Waals surface area contributed by atoms with Crippen LogP contribution in [0.5, 0.6) is 0 Å². The van der Waals surface area contributed by atoms with Crippen molar-refractivity contribution in [3.63, 3.8) is 0 Å². The lowest BCUT2D eigenvalue weighted by Crippen LogP contribution is -2.13. The minimum Gasteiger partial charge on any atom is -0.319 e. The van der Waals surface area contributed by atoms with Crippen molar-refractivity contribution in [1.82, 2.24) is 9.97 Å². The molecule has 0 atom stereocenters. The maximum atomic E-state index is 12.0. The molecule has 0 spiro atoms. The first kappa shape index (κ1) is 12.7. The molecule has 0 saturated carbocycles. The van der Waals surface area contributed by atoms with Gasteiger partial charge in [-0.15, -0.1) is 0 Å². The Kier molecular flexibility index (Phi) is 3.43. The van der Waals surface area contributed by atoms with Crippen LogP contribution in [0.25, 0.3) is 10.9 Å². The summed E-state index contributed by atoms with van der Waals surface area (Å²) in [6.45, 7) is 0. The molecule has 0 radical (unpaired) electrons. The van der Waals surface area contributed by atoms with Gasteiger partial charge in [-0.25, -0.2) is 4.98 Å². The Balaban J connectivity index is 1.85. The zero-order valence-electron chi connectivity index (χ0n) is 10.4. The fraction of sp³-hybridized carbons (Fsp3) is 0. The molecule has 0 fully saturated rings. The summed E-state index contributed by atoms with van der Waals surface area (Å²) in [7, 11) is 0. The number of hydrogen-bond donors (Lipinski definition) is 1. The van der Waals surface area contributed by atoms with Crippen molar-refractivity contribution in [3.8, 4) is 0 Å². The third-order valence-corrected chi connectivity index (χ3v) is 3.28. The Morgan fingerprint density at radius 3 is 2.70 bits per heavy atom. The third-order valence-electron chi connectivity index (χ3n) is 2.81. The van der Waals surface area contributed by atoms with E-state index in [1.807, 2.05) is 30.3 Å². The van der Waals surface area contributed by atoms with Crippen molar-refractivity contribution in [2.75, 3.05) is 5.32 Å². The van der Waals surface area contributed by atoms with E-state index in [9.17, 15) is 4.79 Å². The van der Waals surface area contributed by atoms with Crippen LogP contribution in [0.4, 0.5) is 5.69 Å². The minimum absolute atomic E-state index is 0.255. The van der Waals surface area contributed by atoms with Gasteiger partial charge in [-0.1, -0.05) is 18.2 Å². The summed E-state index contributed by atoms with van der Waals surface area (Å²) < 4.78 is 0.835. The quantitative estimate of drug-likeness (QED) is 0.781. The predicted octanol–water partition coefficient (Wildman–Crippen LogP) is 3.64. The highest BCUT2D eigenvalue weighted by Gasteiger charge is 2.08. The molecule has 2 heterocycles. The number of fused-ring (bicyclic) bond motifs is 1. The molecule has 20 heavy (non-hydrogen) atoms. The number of benzene rings is 1. The zero-order valence-corrected chi connectivity index (χ0v) is 12.0. The summed E-state index contributed by atoms with van der Waals surface area (Å²) in [5, 5.41) is 3.77. The van der Waals surface area contributed by atoms with E-state index in [4.69, 9.17) is 0 Å². The van der Waals surface area contributed by atoms with Crippen molar-refractivity contribution in [1.29, 1.82) is 0 Å². The van der Waals surface area contributed by atoms with E-state index in [0.29, 0.717) is 11.4 Å². The Labute approximate surface area is 124 Å². The second kappa shape index (κ2) is 5.38. The van der Waals surface area contributed by atoms with Gasteiger partial charge in [0, 0.05) is 16.1 Å². The van der Waals surface area contributed by atoms with Crippen molar-refractivity contribution in [3.05, 3.63) is 65.0 Å². The number of amides is 1. The van der Waals surface area contributed by atoms with Crippen LogP contribution in [-0.2, 0) is 0 Å². The molecule has 4 nitrogen and oxygen atoms in total. The summed E-state index contributed by atoms with van der Waals surface area (Å²) in [6.07, 6.45) is 3.23. The number of nitrogens with one attached hydrogen (secondary N) is 1. The van der Waals surface area contributed by atoms with E-state index in [-0.39, 0.29) is 5.91 Å². The van der Waals surface area contributed by atoms with Crippen molar-refractivity contribution < 1.29 is 4.79 Å². The van der Waals surface area contributed by atoms with Gasteiger partial charge in [0.25, 0.3) is 5.91 Å². The number of aromatic nitrogens is 2. The first-order valence-electron chi connectivity index (χ1n) is 6.00. The lowest BCUT2D eigenvalue weighted by molar-refractivity contribution is 0.102. The molecule has 1 aromatic carbocycles. The summed E-state index contributed by atoms with van der Waals surface area (Å²) in [5.74, 6) is -0.255. The molecule has 0 bridgehead atoms. The molecule has 3 rings (SSSR count). The molecule has 1 amide bonds. The Hall–Kier alpha value is -2.27. The van der Waals surface area contributed by atoms with Crippen molar-refractivity contribution in [2.24, 2.45) is 0 Å². The molecule has 5 heteroatoms. The van der Waals surface area contributed by atoms with E-state index in [2.05, 4.69) is 31.2 Å². The Morgan fingerprint density at radius 1 is 1.05 bits per heavy atom. The monoisotopic (exact) mass is 327 g/mol. The van der Waals surface area contributed by atoms with Gasteiger partial charge >= 0.3 is 0 Å². The lowest BCUT2D eigenvalue weighted by atomic mass is 10.2. The minimum atomic E-state index is -0.255. The van der Waals surface area contributed by atoms with Gasteiger partial charge in [-0.3, -0.25) is 9.78 Å². The molecular formula is C15H10BrN3O. The average molecular weight is 328 g/mol. The van der Waals surface area contributed by atoms with Gasteiger partial charge in [0.2, 0.25) is 0 Å². The number of hydrogen-bond acceptors (Lipinski definition) is 3.